The van der Waals surface area contributed by atoms with Crippen LogP contribution in [0.2, 0.25) is 0 Å². The van der Waals surface area contributed by atoms with Crippen molar-refractivity contribution in [3.63, 3.8) is 0 Å². The predicted molar refractivity (Wildman–Crippen MR) is 63.5 cm³/mol. The topological polar surface area (TPSA) is 74.8 Å². The van der Waals surface area contributed by atoms with Crippen molar-refractivity contribution in [1.82, 2.24) is 8.61 Å². The average molecular weight is 268 g/mol. The highest BCUT2D eigenvalue weighted by atomic mass is 32.2. The number of hydrogen-bond acceptors (Lipinski definition) is 4. The van der Waals surface area contributed by atoms with Crippen molar-refractivity contribution in [2.24, 2.45) is 0 Å². The van der Waals surface area contributed by atoms with E-state index in [0.717, 1.165) is 19.4 Å². The highest BCUT2D eigenvalue weighted by molar-refractivity contribution is 7.92. The standard InChI is InChI=1S/C8H16N2O4S2/c1-5-15(11,12)9(3)7-8-10(4)16(13,14)6-2/h5-6H,1-2,7-8H2,3-4H3. The van der Waals surface area contributed by atoms with Crippen LogP contribution < -0.4 is 0 Å². The Morgan fingerprint density at radius 2 is 1.12 bits per heavy atom. The van der Waals surface area contributed by atoms with Gasteiger partial charge in [-0.05, 0) is 0 Å². The molecule has 0 amide bonds. The molecule has 0 aromatic rings. The van der Waals surface area contributed by atoms with Crippen molar-refractivity contribution in [3.8, 4) is 0 Å². The van der Waals surface area contributed by atoms with Gasteiger partial charge in [-0.3, -0.25) is 0 Å². The largest absolute Gasteiger partial charge is 0.235 e. The molecule has 0 spiro atoms. The maximum atomic E-state index is 11.3. The van der Waals surface area contributed by atoms with E-state index in [4.69, 9.17) is 0 Å². The molecule has 0 unspecified atom stereocenters. The van der Waals surface area contributed by atoms with Crippen LogP contribution in [0.3, 0.4) is 0 Å². The summed E-state index contributed by atoms with van der Waals surface area (Å²) in [5.41, 5.74) is 0. The number of likely N-dealkylation sites (N-methyl/N-ethyl adjacent to an activating group) is 2. The van der Waals surface area contributed by atoms with Gasteiger partial charge in [0.1, 0.15) is 0 Å². The molecule has 0 fully saturated rings. The van der Waals surface area contributed by atoms with Crippen molar-refractivity contribution >= 4 is 20.0 Å². The second kappa shape index (κ2) is 5.58. The van der Waals surface area contributed by atoms with Crippen LogP contribution in [-0.2, 0) is 20.0 Å². The molecule has 0 atom stereocenters. The summed E-state index contributed by atoms with van der Waals surface area (Å²) in [5.74, 6) is 0. The van der Waals surface area contributed by atoms with Gasteiger partial charge < -0.3 is 0 Å². The Labute approximate surface area is 97.0 Å². The van der Waals surface area contributed by atoms with Crippen molar-refractivity contribution < 1.29 is 16.8 Å². The molecule has 0 bridgehead atoms. The lowest BCUT2D eigenvalue weighted by Gasteiger charge is -2.19. The first-order chi connectivity index (χ1) is 7.17. The fourth-order valence-electron chi connectivity index (χ4n) is 0.791. The van der Waals surface area contributed by atoms with Crippen molar-refractivity contribution in [3.05, 3.63) is 24.0 Å². The van der Waals surface area contributed by atoms with Crippen LogP contribution in [0.5, 0.6) is 0 Å². The predicted octanol–water partition coefficient (Wildman–Crippen LogP) is -0.203. The van der Waals surface area contributed by atoms with Crippen molar-refractivity contribution in [1.29, 1.82) is 0 Å². The highest BCUT2D eigenvalue weighted by Crippen LogP contribution is 2.02. The van der Waals surface area contributed by atoms with E-state index in [2.05, 4.69) is 13.2 Å². The number of sulfonamides is 2. The van der Waals surface area contributed by atoms with Gasteiger partial charge in [0, 0.05) is 38.0 Å². The lowest BCUT2D eigenvalue weighted by Crippen LogP contribution is -2.35. The zero-order chi connectivity index (χ0) is 13.0. The minimum atomic E-state index is -3.50. The molecule has 0 N–H and O–H groups in total. The first-order valence-corrected chi connectivity index (χ1v) is 7.35. The van der Waals surface area contributed by atoms with Gasteiger partial charge >= 0.3 is 0 Å². The zero-order valence-corrected chi connectivity index (χ0v) is 11.0. The molecule has 0 radical (unpaired) electrons. The lowest BCUT2D eigenvalue weighted by atomic mass is 10.6. The van der Waals surface area contributed by atoms with Crippen LogP contribution in [0.4, 0.5) is 0 Å². The van der Waals surface area contributed by atoms with Crippen LogP contribution >= 0.6 is 0 Å². The van der Waals surface area contributed by atoms with Crippen LogP contribution in [0, 0.1) is 0 Å². The normalized spacial score (nSPS) is 13.0. The Hall–Kier alpha value is -0.700. The van der Waals surface area contributed by atoms with Gasteiger partial charge in [0.05, 0.1) is 0 Å². The monoisotopic (exact) mass is 268 g/mol. The second-order valence-corrected chi connectivity index (χ2v) is 7.04. The van der Waals surface area contributed by atoms with Gasteiger partial charge in [0.2, 0.25) is 20.0 Å². The summed E-state index contributed by atoms with van der Waals surface area (Å²) >= 11 is 0. The van der Waals surface area contributed by atoms with Gasteiger partial charge in [-0.15, -0.1) is 0 Å². The smallest absolute Gasteiger partial charge is 0.208 e. The first kappa shape index (κ1) is 15.3. The Morgan fingerprint density at radius 1 is 0.875 bits per heavy atom. The molecule has 0 aliphatic carbocycles. The summed E-state index contributed by atoms with van der Waals surface area (Å²) in [7, 11) is -4.29. The van der Waals surface area contributed by atoms with Crippen LogP contribution in [0.25, 0.3) is 0 Å². The maximum Gasteiger partial charge on any atom is 0.235 e. The third-order valence-electron chi connectivity index (χ3n) is 2.02. The van der Waals surface area contributed by atoms with E-state index in [1.54, 1.807) is 0 Å². The average Bonchev–Trinajstić information content (AvgIpc) is 2.24. The number of hydrogen-bond donors (Lipinski definition) is 0. The molecule has 6 nitrogen and oxygen atoms in total. The summed E-state index contributed by atoms with van der Waals surface area (Å²) in [5, 5.41) is 1.63. The Morgan fingerprint density at radius 3 is 1.31 bits per heavy atom. The van der Waals surface area contributed by atoms with E-state index >= 15 is 0 Å². The maximum absolute atomic E-state index is 11.3. The Bertz CT molecular complexity index is 408. The summed E-state index contributed by atoms with van der Waals surface area (Å²) < 4.78 is 47.0. The third kappa shape index (κ3) is 4.05. The van der Waals surface area contributed by atoms with Gasteiger partial charge in [-0.1, -0.05) is 13.2 Å². The highest BCUT2D eigenvalue weighted by Gasteiger charge is 2.17. The quantitative estimate of drug-likeness (QED) is 0.640. The Kier molecular flexibility index (Phi) is 5.33. The molecule has 0 aromatic carbocycles. The molecule has 8 heteroatoms. The molecule has 0 saturated carbocycles. The third-order valence-corrected chi connectivity index (χ3v) is 4.97. The SMILES string of the molecule is C=CS(=O)(=O)N(C)CCN(C)S(=O)(=O)C=C. The lowest BCUT2D eigenvalue weighted by molar-refractivity contribution is 0.411. The second-order valence-electron chi connectivity index (χ2n) is 3.07. The van der Waals surface area contributed by atoms with Gasteiger partial charge in [0.15, 0.2) is 0 Å². The van der Waals surface area contributed by atoms with Crippen LogP contribution in [0.1, 0.15) is 0 Å². The summed E-state index contributed by atoms with van der Waals surface area (Å²) in [6.45, 7) is 6.44. The summed E-state index contributed by atoms with van der Waals surface area (Å²) in [6, 6.07) is 0. The van der Waals surface area contributed by atoms with Crippen molar-refractivity contribution in [2.45, 2.75) is 0 Å². The van der Waals surface area contributed by atoms with Gasteiger partial charge in [0.25, 0.3) is 0 Å². The molecule has 0 heterocycles. The van der Waals surface area contributed by atoms with Gasteiger partial charge in [-0.25, -0.2) is 25.4 Å². The van der Waals surface area contributed by atoms with Crippen LogP contribution in [0.15, 0.2) is 24.0 Å². The molecule has 0 aromatic heterocycles. The van der Waals surface area contributed by atoms with E-state index in [9.17, 15) is 16.8 Å². The fourth-order valence-corrected chi connectivity index (χ4v) is 1.97. The van der Waals surface area contributed by atoms with E-state index < -0.39 is 20.0 Å². The minimum absolute atomic E-state index is 0.0535. The zero-order valence-electron chi connectivity index (χ0n) is 9.33. The Balaban J connectivity index is 4.50. The molecule has 0 saturated heterocycles. The summed E-state index contributed by atoms with van der Waals surface area (Å²) in [6.07, 6.45) is 0. The molecule has 16 heavy (non-hydrogen) atoms. The summed E-state index contributed by atoms with van der Waals surface area (Å²) in [4.78, 5) is 0. The number of nitrogens with zero attached hydrogens (tertiary/aromatic N) is 2. The fraction of sp³-hybridized carbons (Fsp3) is 0.500. The van der Waals surface area contributed by atoms with E-state index in [1.165, 1.54) is 14.1 Å². The van der Waals surface area contributed by atoms with E-state index in [-0.39, 0.29) is 13.1 Å². The minimum Gasteiger partial charge on any atom is -0.208 e. The van der Waals surface area contributed by atoms with Crippen molar-refractivity contribution in [2.75, 3.05) is 27.2 Å². The molecule has 94 valence electrons. The molecular weight excluding hydrogens is 252 g/mol. The molecule has 0 rings (SSSR count). The van der Waals surface area contributed by atoms with E-state index in [0.29, 0.717) is 0 Å². The molecule has 0 aliphatic rings. The first-order valence-electron chi connectivity index (χ1n) is 4.35. The van der Waals surface area contributed by atoms with Crippen LogP contribution in [-0.4, -0.2) is 52.6 Å². The number of rotatable bonds is 7. The van der Waals surface area contributed by atoms with Gasteiger partial charge in [-0.2, -0.15) is 0 Å². The van der Waals surface area contributed by atoms with E-state index in [1.807, 2.05) is 0 Å². The molecule has 0 aliphatic heterocycles. The molecular formula is C8H16N2O4S2.